The first-order valence-corrected chi connectivity index (χ1v) is 7.70. The maximum absolute atomic E-state index is 12.7. The Morgan fingerprint density at radius 1 is 1.33 bits per heavy atom. The van der Waals surface area contributed by atoms with Crippen LogP contribution in [0.4, 0.5) is 0 Å². The number of hydrogen-bond acceptors (Lipinski definition) is 3. The van der Waals surface area contributed by atoms with E-state index >= 15 is 0 Å². The zero-order valence-corrected chi connectivity index (χ0v) is 12.0. The van der Waals surface area contributed by atoms with Crippen LogP contribution < -0.4 is 5.73 Å². The molecule has 0 spiro atoms. The maximum atomic E-state index is 12.7. The van der Waals surface area contributed by atoms with E-state index in [1.165, 1.54) is 12.8 Å². The van der Waals surface area contributed by atoms with Crippen molar-refractivity contribution >= 4 is 16.8 Å². The van der Waals surface area contributed by atoms with Gasteiger partial charge in [-0.25, -0.2) is 0 Å². The third-order valence-corrected chi connectivity index (χ3v) is 5.13. The third-order valence-electron chi connectivity index (χ3n) is 5.13. The summed E-state index contributed by atoms with van der Waals surface area (Å²) in [7, 11) is 0. The van der Waals surface area contributed by atoms with E-state index in [1.807, 2.05) is 23.1 Å². The Labute approximate surface area is 123 Å². The second kappa shape index (κ2) is 4.84. The lowest BCUT2D eigenvalue weighted by atomic mass is 9.78. The molecular formula is C16H20N4O. The molecule has 3 unspecified atom stereocenters. The van der Waals surface area contributed by atoms with E-state index in [9.17, 15) is 4.79 Å². The molecule has 2 aliphatic rings. The summed E-state index contributed by atoms with van der Waals surface area (Å²) in [6, 6.07) is 5.99. The largest absolute Gasteiger partial charge is 0.338 e. The standard InChI is InChI=1S/C16H20N4O/c17-14-3-1-2-12-8-20(9-13(12)14)16(21)10-4-5-11-7-18-19-15(11)6-10/h4-7,12-14H,1-3,8-9,17H2,(H,18,19). The molecule has 3 N–H and O–H groups in total. The summed E-state index contributed by atoms with van der Waals surface area (Å²) in [5, 5.41) is 7.95. The van der Waals surface area contributed by atoms with Crippen LogP contribution in [0.15, 0.2) is 24.4 Å². The first kappa shape index (κ1) is 12.8. The van der Waals surface area contributed by atoms with Crippen LogP contribution in [0.2, 0.25) is 0 Å². The highest BCUT2D eigenvalue weighted by Crippen LogP contribution is 2.36. The number of H-pyrrole nitrogens is 1. The van der Waals surface area contributed by atoms with Gasteiger partial charge < -0.3 is 10.6 Å². The van der Waals surface area contributed by atoms with Gasteiger partial charge in [-0.2, -0.15) is 5.10 Å². The number of benzene rings is 1. The molecule has 5 heteroatoms. The number of aromatic nitrogens is 2. The second-order valence-corrected chi connectivity index (χ2v) is 6.40. The normalized spacial score (nSPS) is 28.8. The van der Waals surface area contributed by atoms with Gasteiger partial charge >= 0.3 is 0 Å². The molecule has 1 aromatic heterocycles. The molecule has 4 rings (SSSR count). The Bertz CT molecular complexity index is 680. The van der Waals surface area contributed by atoms with Crippen LogP contribution in [0, 0.1) is 11.8 Å². The highest BCUT2D eigenvalue weighted by molar-refractivity contribution is 5.97. The lowest BCUT2D eigenvalue weighted by Crippen LogP contribution is -2.38. The Kier molecular flexibility index (Phi) is 2.96. The van der Waals surface area contributed by atoms with Gasteiger partial charge in [-0.05, 0) is 36.8 Å². The van der Waals surface area contributed by atoms with Crippen LogP contribution in [0.25, 0.3) is 10.9 Å². The molecule has 0 radical (unpaired) electrons. The number of rotatable bonds is 1. The smallest absolute Gasteiger partial charge is 0.253 e. The van der Waals surface area contributed by atoms with Crippen molar-refractivity contribution in [2.45, 2.75) is 25.3 Å². The number of amides is 1. The predicted octanol–water partition coefficient (Wildman–Crippen LogP) is 1.76. The lowest BCUT2D eigenvalue weighted by Gasteiger charge is -2.29. The molecule has 1 saturated carbocycles. The van der Waals surface area contributed by atoms with Crippen molar-refractivity contribution in [2.24, 2.45) is 17.6 Å². The van der Waals surface area contributed by atoms with Gasteiger partial charge in [0.25, 0.3) is 5.91 Å². The lowest BCUT2D eigenvalue weighted by molar-refractivity contribution is 0.0783. The number of carbonyl (C=O) groups is 1. The van der Waals surface area contributed by atoms with Crippen molar-refractivity contribution in [1.29, 1.82) is 0 Å². The van der Waals surface area contributed by atoms with Gasteiger partial charge in [0.15, 0.2) is 0 Å². The summed E-state index contributed by atoms with van der Waals surface area (Å²) >= 11 is 0. The van der Waals surface area contributed by atoms with Gasteiger partial charge in [0.05, 0.1) is 11.7 Å². The number of likely N-dealkylation sites (tertiary alicyclic amines) is 1. The van der Waals surface area contributed by atoms with Crippen LogP contribution in [-0.4, -0.2) is 40.1 Å². The fourth-order valence-electron chi connectivity index (χ4n) is 3.94. The number of nitrogens with two attached hydrogens (primary N) is 1. The van der Waals surface area contributed by atoms with Gasteiger partial charge in [0.1, 0.15) is 0 Å². The summed E-state index contributed by atoms with van der Waals surface area (Å²) in [4.78, 5) is 14.7. The molecule has 21 heavy (non-hydrogen) atoms. The molecule has 5 nitrogen and oxygen atoms in total. The second-order valence-electron chi connectivity index (χ2n) is 6.40. The van der Waals surface area contributed by atoms with Crippen LogP contribution in [-0.2, 0) is 0 Å². The molecule has 1 aliphatic heterocycles. The molecule has 2 aromatic rings. The zero-order chi connectivity index (χ0) is 14.4. The Balaban J connectivity index is 1.57. The maximum Gasteiger partial charge on any atom is 0.253 e. The SMILES string of the molecule is NC1CCCC2CN(C(=O)c3ccc4cn[nH]c4c3)CC12. The summed E-state index contributed by atoms with van der Waals surface area (Å²) in [6.45, 7) is 1.67. The molecule has 110 valence electrons. The van der Waals surface area contributed by atoms with E-state index < -0.39 is 0 Å². The van der Waals surface area contributed by atoms with Crippen molar-refractivity contribution in [3.8, 4) is 0 Å². The summed E-state index contributed by atoms with van der Waals surface area (Å²) in [5.74, 6) is 1.19. The number of aromatic amines is 1. The monoisotopic (exact) mass is 284 g/mol. The molecule has 2 heterocycles. The molecular weight excluding hydrogens is 264 g/mol. The van der Waals surface area contributed by atoms with Gasteiger partial charge in [-0.3, -0.25) is 9.89 Å². The van der Waals surface area contributed by atoms with Crippen LogP contribution in [0.3, 0.4) is 0 Å². The van der Waals surface area contributed by atoms with Gasteiger partial charge in [0.2, 0.25) is 0 Å². The van der Waals surface area contributed by atoms with Crippen molar-refractivity contribution in [3.05, 3.63) is 30.0 Å². The number of nitrogens with zero attached hydrogens (tertiary/aromatic N) is 2. The average molecular weight is 284 g/mol. The number of carbonyl (C=O) groups excluding carboxylic acids is 1. The van der Waals surface area contributed by atoms with Crippen molar-refractivity contribution < 1.29 is 4.79 Å². The molecule has 1 saturated heterocycles. The Hall–Kier alpha value is -1.88. The number of fused-ring (bicyclic) bond motifs is 2. The Morgan fingerprint density at radius 2 is 2.24 bits per heavy atom. The third kappa shape index (κ3) is 2.12. The molecule has 2 fully saturated rings. The van der Waals surface area contributed by atoms with Crippen LogP contribution in [0.1, 0.15) is 29.6 Å². The van der Waals surface area contributed by atoms with Crippen molar-refractivity contribution in [2.75, 3.05) is 13.1 Å². The summed E-state index contributed by atoms with van der Waals surface area (Å²) in [6.07, 6.45) is 5.28. The van der Waals surface area contributed by atoms with E-state index in [0.29, 0.717) is 11.8 Å². The minimum absolute atomic E-state index is 0.119. The first-order chi connectivity index (χ1) is 10.2. The zero-order valence-electron chi connectivity index (χ0n) is 12.0. The molecule has 0 bridgehead atoms. The fraction of sp³-hybridized carbons (Fsp3) is 0.500. The quantitative estimate of drug-likeness (QED) is 0.838. The van der Waals surface area contributed by atoms with E-state index in [0.717, 1.165) is 36.0 Å². The summed E-state index contributed by atoms with van der Waals surface area (Å²) < 4.78 is 0. The number of hydrogen-bond donors (Lipinski definition) is 2. The fourth-order valence-corrected chi connectivity index (χ4v) is 3.94. The number of nitrogens with one attached hydrogen (secondary N) is 1. The molecule has 1 aromatic carbocycles. The Morgan fingerprint density at radius 3 is 3.10 bits per heavy atom. The van der Waals surface area contributed by atoms with Crippen LogP contribution in [0.5, 0.6) is 0 Å². The van der Waals surface area contributed by atoms with E-state index in [1.54, 1.807) is 6.20 Å². The minimum Gasteiger partial charge on any atom is -0.338 e. The minimum atomic E-state index is 0.119. The van der Waals surface area contributed by atoms with Crippen LogP contribution >= 0.6 is 0 Å². The molecule has 1 aliphatic carbocycles. The molecule has 1 amide bonds. The van der Waals surface area contributed by atoms with Gasteiger partial charge in [-0.15, -0.1) is 0 Å². The van der Waals surface area contributed by atoms with Gasteiger partial charge in [0, 0.05) is 30.1 Å². The predicted molar refractivity (Wildman–Crippen MR) is 80.8 cm³/mol. The van der Waals surface area contributed by atoms with Crippen molar-refractivity contribution in [1.82, 2.24) is 15.1 Å². The van der Waals surface area contributed by atoms with Crippen molar-refractivity contribution in [3.63, 3.8) is 0 Å². The molecule has 3 atom stereocenters. The first-order valence-electron chi connectivity index (χ1n) is 7.70. The van der Waals surface area contributed by atoms with Gasteiger partial charge in [-0.1, -0.05) is 12.5 Å². The van der Waals surface area contributed by atoms with E-state index in [4.69, 9.17) is 5.73 Å². The highest BCUT2D eigenvalue weighted by Gasteiger charge is 2.40. The average Bonchev–Trinajstić information content (AvgIpc) is 3.12. The topological polar surface area (TPSA) is 75.0 Å². The van der Waals surface area contributed by atoms with E-state index in [-0.39, 0.29) is 11.9 Å². The van der Waals surface area contributed by atoms with E-state index in [2.05, 4.69) is 10.2 Å². The highest BCUT2D eigenvalue weighted by atomic mass is 16.2. The summed E-state index contributed by atoms with van der Waals surface area (Å²) in [5.41, 5.74) is 7.88.